The molecule has 0 saturated heterocycles. The van der Waals surface area contributed by atoms with Gasteiger partial charge in [0.1, 0.15) is 5.82 Å². The van der Waals surface area contributed by atoms with Crippen molar-refractivity contribution in [1.29, 1.82) is 0 Å². The maximum Gasteiger partial charge on any atom is 0.316 e. The van der Waals surface area contributed by atoms with Gasteiger partial charge in [0, 0.05) is 5.56 Å². The number of ether oxygens (including phenoxy) is 1. The highest BCUT2D eigenvalue weighted by molar-refractivity contribution is 5.82. The first-order valence-corrected chi connectivity index (χ1v) is 7.78. The summed E-state index contributed by atoms with van der Waals surface area (Å²) < 4.78 is 23.7. The van der Waals surface area contributed by atoms with E-state index in [0.29, 0.717) is 5.56 Å². The quantitative estimate of drug-likeness (QED) is 0.659. The zero-order valence-electron chi connectivity index (χ0n) is 13.9. The van der Waals surface area contributed by atoms with E-state index < -0.39 is 5.41 Å². The molecule has 25 heavy (non-hydrogen) atoms. The lowest BCUT2D eigenvalue weighted by Crippen LogP contribution is -2.30. The molecular formula is C19H17FN2O3. The van der Waals surface area contributed by atoms with Gasteiger partial charge in [0.25, 0.3) is 5.89 Å². The summed E-state index contributed by atoms with van der Waals surface area (Å²) >= 11 is 0. The molecule has 128 valence electrons. The van der Waals surface area contributed by atoms with Crippen LogP contribution >= 0.6 is 0 Å². The van der Waals surface area contributed by atoms with Crippen LogP contribution in [0.2, 0.25) is 0 Å². The van der Waals surface area contributed by atoms with Crippen molar-refractivity contribution in [1.82, 2.24) is 10.2 Å². The van der Waals surface area contributed by atoms with Crippen LogP contribution in [0.25, 0.3) is 11.5 Å². The average molecular weight is 340 g/mol. The van der Waals surface area contributed by atoms with Gasteiger partial charge in [-0.1, -0.05) is 30.3 Å². The van der Waals surface area contributed by atoms with Gasteiger partial charge in [-0.3, -0.25) is 4.79 Å². The van der Waals surface area contributed by atoms with E-state index >= 15 is 0 Å². The van der Waals surface area contributed by atoms with Gasteiger partial charge in [0.05, 0.1) is 5.41 Å². The van der Waals surface area contributed by atoms with E-state index in [1.807, 2.05) is 30.3 Å². The van der Waals surface area contributed by atoms with Crippen molar-refractivity contribution in [2.24, 2.45) is 0 Å². The molecule has 0 N–H and O–H groups in total. The van der Waals surface area contributed by atoms with Crippen molar-refractivity contribution in [3.05, 3.63) is 71.9 Å². The first-order chi connectivity index (χ1) is 12.0. The fourth-order valence-electron chi connectivity index (χ4n) is 2.30. The fourth-order valence-corrected chi connectivity index (χ4v) is 2.30. The Balaban J connectivity index is 1.66. The molecule has 0 amide bonds. The molecule has 3 aromatic rings. The van der Waals surface area contributed by atoms with Crippen molar-refractivity contribution in [2.45, 2.75) is 25.9 Å². The fraction of sp³-hybridized carbons (Fsp3) is 0.211. The van der Waals surface area contributed by atoms with Crippen LogP contribution in [0.5, 0.6) is 0 Å². The molecule has 0 radical (unpaired) electrons. The van der Waals surface area contributed by atoms with Crippen LogP contribution in [0.15, 0.2) is 59.0 Å². The summed E-state index contributed by atoms with van der Waals surface area (Å²) in [6, 6.07) is 15.1. The zero-order chi connectivity index (χ0) is 17.9. The minimum absolute atomic E-state index is 0.122. The molecule has 1 aromatic heterocycles. The second-order valence-corrected chi connectivity index (χ2v) is 6.08. The molecule has 0 aliphatic rings. The topological polar surface area (TPSA) is 65.2 Å². The molecule has 0 spiro atoms. The Hall–Kier alpha value is -3.02. The lowest BCUT2D eigenvalue weighted by molar-refractivity contribution is -0.151. The minimum atomic E-state index is -0.791. The van der Waals surface area contributed by atoms with E-state index in [9.17, 15) is 9.18 Å². The summed E-state index contributed by atoms with van der Waals surface area (Å²) in [5.74, 6) is -0.314. The summed E-state index contributed by atoms with van der Waals surface area (Å²) in [6.07, 6.45) is 0. The van der Waals surface area contributed by atoms with Crippen molar-refractivity contribution in [3.63, 3.8) is 0 Å². The number of esters is 1. The maximum absolute atomic E-state index is 12.9. The highest BCUT2D eigenvalue weighted by Gasteiger charge is 2.31. The number of benzene rings is 2. The summed E-state index contributed by atoms with van der Waals surface area (Å²) in [4.78, 5) is 12.4. The molecular weight excluding hydrogens is 323 g/mol. The van der Waals surface area contributed by atoms with E-state index in [0.717, 1.165) is 5.56 Å². The molecule has 0 atom stereocenters. The Morgan fingerprint density at radius 2 is 1.76 bits per heavy atom. The summed E-state index contributed by atoms with van der Waals surface area (Å²) in [5, 5.41) is 7.74. The Bertz CT molecular complexity index is 858. The molecule has 2 aromatic carbocycles. The van der Waals surface area contributed by atoms with Gasteiger partial charge in [0.15, 0.2) is 6.61 Å². The number of hydrogen-bond acceptors (Lipinski definition) is 5. The summed E-state index contributed by atoms with van der Waals surface area (Å²) in [6.45, 7) is 3.47. The third kappa shape index (κ3) is 3.74. The molecule has 0 fully saturated rings. The van der Waals surface area contributed by atoms with Gasteiger partial charge in [-0.2, -0.15) is 0 Å². The molecule has 5 nitrogen and oxygen atoms in total. The van der Waals surface area contributed by atoms with E-state index in [2.05, 4.69) is 10.2 Å². The van der Waals surface area contributed by atoms with Crippen molar-refractivity contribution >= 4 is 5.97 Å². The van der Waals surface area contributed by atoms with Gasteiger partial charge < -0.3 is 9.15 Å². The Labute approximate surface area is 144 Å². The molecule has 3 rings (SSSR count). The van der Waals surface area contributed by atoms with E-state index in [1.165, 1.54) is 24.3 Å². The maximum atomic E-state index is 12.9. The Kier molecular flexibility index (Phi) is 4.61. The third-order valence-electron chi connectivity index (χ3n) is 3.89. The third-order valence-corrected chi connectivity index (χ3v) is 3.89. The summed E-state index contributed by atoms with van der Waals surface area (Å²) in [5.41, 5.74) is 0.662. The predicted molar refractivity (Wildman–Crippen MR) is 89.0 cm³/mol. The zero-order valence-corrected chi connectivity index (χ0v) is 13.9. The van der Waals surface area contributed by atoms with Crippen molar-refractivity contribution in [2.75, 3.05) is 0 Å². The number of carbonyl (C=O) groups is 1. The van der Waals surface area contributed by atoms with Crippen LogP contribution in [0, 0.1) is 5.82 Å². The lowest BCUT2D eigenvalue weighted by Gasteiger charge is -2.22. The molecule has 0 unspecified atom stereocenters. The first-order valence-electron chi connectivity index (χ1n) is 7.78. The second-order valence-electron chi connectivity index (χ2n) is 6.08. The number of halogens is 1. The van der Waals surface area contributed by atoms with Gasteiger partial charge in [-0.05, 0) is 43.7 Å². The molecule has 0 aliphatic heterocycles. The van der Waals surface area contributed by atoms with E-state index in [4.69, 9.17) is 9.15 Å². The largest absolute Gasteiger partial charge is 0.455 e. The Morgan fingerprint density at radius 3 is 2.44 bits per heavy atom. The monoisotopic (exact) mass is 340 g/mol. The van der Waals surface area contributed by atoms with Gasteiger partial charge in [-0.25, -0.2) is 4.39 Å². The molecule has 0 bridgehead atoms. The second kappa shape index (κ2) is 6.84. The number of carbonyl (C=O) groups excluding carboxylic acids is 1. The van der Waals surface area contributed by atoms with Crippen molar-refractivity contribution in [3.8, 4) is 11.5 Å². The number of aromatic nitrogens is 2. The number of nitrogens with zero attached hydrogens (tertiary/aromatic N) is 2. The number of rotatable bonds is 5. The van der Waals surface area contributed by atoms with E-state index in [-0.39, 0.29) is 30.2 Å². The van der Waals surface area contributed by atoms with Crippen LogP contribution in [-0.2, 0) is 21.6 Å². The van der Waals surface area contributed by atoms with Crippen LogP contribution in [-0.4, -0.2) is 16.2 Å². The number of hydrogen-bond donors (Lipinski definition) is 0. The smallest absolute Gasteiger partial charge is 0.316 e. The highest BCUT2D eigenvalue weighted by atomic mass is 19.1. The van der Waals surface area contributed by atoms with E-state index in [1.54, 1.807) is 13.8 Å². The van der Waals surface area contributed by atoms with Crippen LogP contribution in [0.3, 0.4) is 0 Å². The first kappa shape index (κ1) is 16.8. The van der Waals surface area contributed by atoms with Gasteiger partial charge in [-0.15, -0.1) is 10.2 Å². The summed E-state index contributed by atoms with van der Waals surface area (Å²) in [7, 11) is 0. The standard InChI is InChI=1S/C19H17FN2O3/c1-19(2,14-6-4-3-5-7-14)18(23)24-12-16-21-22-17(25-16)13-8-10-15(20)11-9-13/h3-11H,12H2,1-2H3. The lowest BCUT2D eigenvalue weighted by atomic mass is 9.85. The average Bonchev–Trinajstić information content (AvgIpc) is 3.10. The van der Waals surface area contributed by atoms with Gasteiger partial charge in [0.2, 0.25) is 5.89 Å². The Morgan fingerprint density at radius 1 is 1.08 bits per heavy atom. The molecule has 1 heterocycles. The molecule has 0 aliphatic carbocycles. The SMILES string of the molecule is CC(C)(C(=O)OCc1nnc(-c2ccc(F)cc2)o1)c1ccccc1. The molecule has 6 heteroatoms. The molecule has 0 saturated carbocycles. The van der Waals surface area contributed by atoms with Crippen LogP contribution in [0.1, 0.15) is 25.3 Å². The predicted octanol–water partition coefficient (Wildman–Crippen LogP) is 3.90. The van der Waals surface area contributed by atoms with Crippen LogP contribution < -0.4 is 0 Å². The minimum Gasteiger partial charge on any atom is -0.455 e. The van der Waals surface area contributed by atoms with Gasteiger partial charge >= 0.3 is 5.97 Å². The van der Waals surface area contributed by atoms with Crippen LogP contribution in [0.4, 0.5) is 4.39 Å². The van der Waals surface area contributed by atoms with Crippen molar-refractivity contribution < 1.29 is 18.3 Å². The normalized spacial score (nSPS) is 11.3. The highest BCUT2D eigenvalue weighted by Crippen LogP contribution is 2.25.